The third-order valence-corrected chi connectivity index (χ3v) is 3.02. The van der Waals surface area contributed by atoms with Gasteiger partial charge in [0.25, 0.3) is 5.91 Å². The standard InChI is InChI=1S/C12H15N3O2/c1-3-15-7(2)11(16)14-9-6-4-5-8(13)10(9)12(15)17/h4-7H,3,13H2,1-2H3,(H,14,16). The fraction of sp³-hybridized carbons (Fsp3) is 0.333. The van der Waals surface area contributed by atoms with Gasteiger partial charge in [-0.1, -0.05) is 6.07 Å². The summed E-state index contributed by atoms with van der Waals surface area (Å²) < 4.78 is 0. The molecule has 90 valence electrons. The van der Waals surface area contributed by atoms with Gasteiger partial charge in [-0.05, 0) is 26.0 Å². The Morgan fingerprint density at radius 1 is 1.41 bits per heavy atom. The lowest BCUT2D eigenvalue weighted by Gasteiger charge is -2.24. The van der Waals surface area contributed by atoms with Crippen molar-refractivity contribution in [3.05, 3.63) is 23.8 Å². The molecule has 0 bridgehead atoms. The maximum atomic E-state index is 12.3. The van der Waals surface area contributed by atoms with Crippen molar-refractivity contribution in [3.63, 3.8) is 0 Å². The molecule has 1 aromatic carbocycles. The Kier molecular flexibility index (Phi) is 2.75. The van der Waals surface area contributed by atoms with Gasteiger partial charge in [0.05, 0.1) is 11.3 Å². The molecule has 0 aromatic heterocycles. The highest BCUT2D eigenvalue weighted by molar-refractivity contribution is 6.12. The third-order valence-electron chi connectivity index (χ3n) is 3.02. The summed E-state index contributed by atoms with van der Waals surface area (Å²) in [6.45, 7) is 4.02. The second-order valence-electron chi connectivity index (χ2n) is 4.03. The molecule has 0 radical (unpaired) electrons. The van der Waals surface area contributed by atoms with Crippen LogP contribution in [0.4, 0.5) is 11.4 Å². The van der Waals surface area contributed by atoms with Crippen LogP contribution in [0.15, 0.2) is 18.2 Å². The number of hydrogen-bond acceptors (Lipinski definition) is 3. The van der Waals surface area contributed by atoms with Crippen molar-refractivity contribution < 1.29 is 9.59 Å². The fourth-order valence-corrected chi connectivity index (χ4v) is 2.03. The molecule has 1 aromatic rings. The molecule has 0 saturated carbocycles. The predicted octanol–water partition coefficient (Wildman–Crippen LogP) is 1.07. The van der Waals surface area contributed by atoms with Crippen molar-refractivity contribution in [3.8, 4) is 0 Å². The van der Waals surface area contributed by atoms with Crippen molar-refractivity contribution in [2.45, 2.75) is 19.9 Å². The molecule has 1 heterocycles. The van der Waals surface area contributed by atoms with Gasteiger partial charge in [0.1, 0.15) is 6.04 Å². The van der Waals surface area contributed by atoms with Gasteiger partial charge in [-0.2, -0.15) is 0 Å². The number of likely N-dealkylation sites (N-methyl/N-ethyl adjacent to an activating group) is 1. The van der Waals surface area contributed by atoms with Gasteiger partial charge < -0.3 is 16.0 Å². The van der Waals surface area contributed by atoms with Crippen molar-refractivity contribution in [1.82, 2.24) is 4.90 Å². The Morgan fingerprint density at radius 2 is 2.12 bits per heavy atom. The molecular formula is C12H15N3O2. The van der Waals surface area contributed by atoms with Gasteiger partial charge in [0.2, 0.25) is 5.91 Å². The lowest BCUT2D eigenvalue weighted by Crippen LogP contribution is -2.43. The first-order valence-electron chi connectivity index (χ1n) is 5.56. The Morgan fingerprint density at radius 3 is 2.76 bits per heavy atom. The van der Waals surface area contributed by atoms with Gasteiger partial charge in [0, 0.05) is 12.2 Å². The fourth-order valence-electron chi connectivity index (χ4n) is 2.03. The normalized spacial score (nSPS) is 19.6. The third kappa shape index (κ3) is 1.73. The number of nitrogen functional groups attached to an aromatic ring is 1. The molecule has 17 heavy (non-hydrogen) atoms. The summed E-state index contributed by atoms with van der Waals surface area (Å²) in [5.41, 5.74) is 7.07. The summed E-state index contributed by atoms with van der Waals surface area (Å²) in [5, 5.41) is 2.73. The predicted molar refractivity (Wildman–Crippen MR) is 65.7 cm³/mol. The van der Waals surface area contributed by atoms with E-state index >= 15 is 0 Å². The summed E-state index contributed by atoms with van der Waals surface area (Å²) in [6, 6.07) is 4.58. The smallest absolute Gasteiger partial charge is 0.258 e. The van der Waals surface area contributed by atoms with Crippen LogP contribution in [0.2, 0.25) is 0 Å². The highest BCUT2D eigenvalue weighted by Crippen LogP contribution is 2.27. The number of benzene rings is 1. The molecule has 0 saturated heterocycles. The molecule has 0 aliphatic carbocycles. The minimum Gasteiger partial charge on any atom is -0.398 e. The lowest BCUT2D eigenvalue weighted by molar-refractivity contribution is -0.119. The molecule has 1 aliphatic heterocycles. The number of hydrogen-bond donors (Lipinski definition) is 2. The van der Waals surface area contributed by atoms with E-state index in [-0.39, 0.29) is 11.8 Å². The highest BCUT2D eigenvalue weighted by Gasteiger charge is 2.32. The SMILES string of the molecule is CCN1C(=O)c2c(N)cccc2NC(=O)C1C. The van der Waals surface area contributed by atoms with Crippen LogP contribution < -0.4 is 11.1 Å². The van der Waals surface area contributed by atoms with E-state index in [0.29, 0.717) is 23.5 Å². The lowest BCUT2D eigenvalue weighted by atomic mass is 10.1. The van der Waals surface area contributed by atoms with Crippen LogP contribution in [0.5, 0.6) is 0 Å². The van der Waals surface area contributed by atoms with Crippen LogP contribution in [0, 0.1) is 0 Å². The maximum Gasteiger partial charge on any atom is 0.258 e. The zero-order chi connectivity index (χ0) is 12.6. The van der Waals surface area contributed by atoms with E-state index in [2.05, 4.69) is 5.32 Å². The average Bonchev–Trinajstić information content (AvgIpc) is 2.37. The van der Waals surface area contributed by atoms with Crippen LogP contribution in [0.25, 0.3) is 0 Å². The number of nitrogens with one attached hydrogen (secondary N) is 1. The minimum absolute atomic E-state index is 0.190. The van der Waals surface area contributed by atoms with Crippen molar-refractivity contribution in [1.29, 1.82) is 0 Å². The molecule has 3 N–H and O–H groups in total. The van der Waals surface area contributed by atoms with E-state index < -0.39 is 6.04 Å². The van der Waals surface area contributed by atoms with Crippen molar-refractivity contribution >= 4 is 23.2 Å². The van der Waals surface area contributed by atoms with Gasteiger partial charge in [-0.15, -0.1) is 0 Å². The van der Waals surface area contributed by atoms with E-state index in [9.17, 15) is 9.59 Å². The Balaban J connectivity index is 2.59. The number of carbonyl (C=O) groups is 2. The number of amides is 2. The van der Waals surface area contributed by atoms with E-state index in [1.807, 2.05) is 6.92 Å². The highest BCUT2D eigenvalue weighted by atomic mass is 16.2. The summed E-state index contributed by atoms with van der Waals surface area (Å²) >= 11 is 0. The molecule has 1 atom stereocenters. The average molecular weight is 233 g/mol. The molecule has 0 fully saturated rings. The number of anilines is 2. The van der Waals surface area contributed by atoms with Gasteiger partial charge in [-0.3, -0.25) is 9.59 Å². The number of nitrogens with two attached hydrogens (primary N) is 1. The molecule has 1 aliphatic rings. The van der Waals surface area contributed by atoms with E-state index in [1.165, 1.54) is 4.90 Å². The van der Waals surface area contributed by atoms with Crippen LogP contribution in [0.1, 0.15) is 24.2 Å². The summed E-state index contributed by atoms with van der Waals surface area (Å²) in [5.74, 6) is -0.393. The van der Waals surface area contributed by atoms with Crippen LogP contribution in [0.3, 0.4) is 0 Å². The van der Waals surface area contributed by atoms with E-state index in [0.717, 1.165) is 0 Å². The quantitative estimate of drug-likeness (QED) is 0.712. The zero-order valence-electron chi connectivity index (χ0n) is 9.86. The van der Waals surface area contributed by atoms with Crippen molar-refractivity contribution in [2.24, 2.45) is 0 Å². The minimum atomic E-state index is -0.487. The Labute approximate surface area is 99.6 Å². The summed E-state index contributed by atoms with van der Waals surface area (Å²) in [6.07, 6.45) is 0. The second-order valence-corrected chi connectivity index (χ2v) is 4.03. The van der Waals surface area contributed by atoms with E-state index in [4.69, 9.17) is 5.73 Å². The molecule has 1 unspecified atom stereocenters. The first-order chi connectivity index (χ1) is 8.06. The molecule has 0 spiro atoms. The first-order valence-corrected chi connectivity index (χ1v) is 5.56. The largest absolute Gasteiger partial charge is 0.398 e. The molecule has 2 amide bonds. The number of fused-ring (bicyclic) bond motifs is 1. The Hall–Kier alpha value is -2.04. The second kappa shape index (κ2) is 4.08. The number of rotatable bonds is 1. The number of carbonyl (C=O) groups excluding carboxylic acids is 2. The van der Waals surface area contributed by atoms with Gasteiger partial charge >= 0.3 is 0 Å². The maximum absolute atomic E-state index is 12.3. The number of nitrogens with zero attached hydrogens (tertiary/aromatic N) is 1. The zero-order valence-corrected chi connectivity index (χ0v) is 9.86. The Bertz CT molecular complexity index is 485. The molecule has 5 heteroatoms. The monoisotopic (exact) mass is 233 g/mol. The molecular weight excluding hydrogens is 218 g/mol. The summed E-state index contributed by atoms with van der Waals surface area (Å²) in [4.78, 5) is 25.7. The van der Waals surface area contributed by atoms with Crippen molar-refractivity contribution in [2.75, 3.05) is 17.6 Å². The van der Waals surface area contributed by atoms with Crippen LogP contribution in [-0.2, 0) is 4.79 Å². The van der Waals surface area contributed by atoms with Crippen LogP contribution >= 0.6 is 0 Å². The van der Waals surface area contributed by atoms with Gasteiger partial charge in [-0.25, -0.2) is 0 Å². The molecule has 2 rings (SSSR count). The van der Waals surface area contributed by atoms with E-state index in [1.54, 1.807) is 25.1 Å². The van der Waals surface area contributed by atoms with Crippen LogP contribution in [-0.4, -0.2) is 29.3 Å². The van der Waals surface area contributed by atoms with Gasteiger partial charge in [0.15, 0.2) is 0 Å². The summed E-state index contributed by atoms with van der Waals surface area (Å²) in [7, 11) is 0. The topological polar surface area (TPSA) is 75.4 Å². The first kappa shape index (κ1) is 11.4. The molecule has 5 nitrogen and oxygen atoms in total.